The predicted molar refractivity (Wildman–Crippen MR) is 50.7 cm³/mol. The van der Waals surface area contributed by atoms with E-state index in [1.165, 1.54) is 11.3 Å². The predicted octanol–water partition coefficient (Wildman–Crippen LogP) is 2.52. The fourth-order valence-electron chi connectivity index (χ4n) is 0.936. The van der Waals surface area contributed by atoms with E-state index in [9.17, 15) is 4.79 Å². The van der Waals surface area contributed by atoms with Crippen molar-refractivity contribution in [3.8, 4) is 0 Å². The molecule has 0 N–H and O–H groups in total. The smallest absolute Gasteiger partial charge is 0.199 e. The molecular formula is C9H11NOS. The molecule has 1 rings (SSSR count). The lowest BCUT2D eigenvalue weighted by Crippen LogP contribution is -1.98. The maximum Gasteiger partial charge on any atom is 0.199 e. The van der Waals surface area contributed by atoms with Crippen molar-refractivity contribution < 1.29 is 4.79 Å². The molecule has 1 aromatic rings. The Kier molecular flexibility index (Phi) is 2.43. The molecule has 0 amide bonds. The summed E-state index contributed by atoms with van der Waals surface area (Å²) < 4.78 is 0. The zero-order valence-corrected chi connectivity index (χ0v) is 8.29. The van der Waals surface area contributed by atoms with Crippen LogP contribution in [0.15, 0.2) is 12.2 Å². The van der Waals surface area contributed by atoms with Crippen molar-refractivity contribution in [3.63, 3.8) is 0 Å². The highest BCUT2D eigenvalue weighted by atomic mass is 32.1. The molecule has 0 aliphatic rings. The monoisotopic (exact) mass is 181 g/mol. The second-order valence-corrected chi connectivity index (χ2v) is 3.96. The minimum Gasteiger partial charge on any atom is -0.288 e. The van der Waals surface area contributed by atoms with Crippen molar-refractivity contribution in [2.45, 2.75) is 20.8 Å². The van der Waals surface area contributed by atoms with Crippen LogP contribution < -0.4 is 0 Å². The molecule has 0 saturated carbocycles. The zero-order valence-electron chi connectivity index (χ0n) is 7.47. The van der Waals surface area contributed by atoms with Gasteiger partial charge in [-0.2, -0.15) is 0 Å². The number of carbonyl (C=O) groups is 1. The lowest BCUT2D eigenvalue weighted by Gasteiger charge is -1.94. The Morgan fingerprint density at radius 3 is 2.42 bits per heavy atom. The van der Waals surface area contributed by atoms with Crippen LogP contribution in [0.1, 0.15) is 27.3 Å². The van der Waals surface area contributed by atoms with Gasteiger partial charge in [0.15, 0.2) is 5.78 Å². The minimum atomic E-state index is 0.0121. The summed E-state index contributed by atoms with van der Waals surface area (Å²) in [4.78, 5) is 16.3. The molecule has 0 bridgehead atoms. The Bertz CT molecular complexity index is 338. The summed E-state index contributed by atoms with van der Waals surface area (Å²) in [5, 5.41) is 0.928. The van der Waals surface area contributed by atoms with E-state index in [1.54, 1.807) is 6.92 Å². The normalized spacial score (nSPS) is 9.92. The molecule has 0 saturated heterocycles. The molecule has 0 aliphatic heterocycles. The first-order chi connectivity index (χ1) is 5.52. The van der Waals surface area contributed by atoms with E-state index in [1.807, 2.05) is 13.8 Å². The lowest BCUT2D eigenvalue weighted by atomic mass is 10.2. The van der Waals surface area contributed by atoms with E-state index in [-0.39, 0.29) is 5.78 Å². The number of thiazole rings is 1. The molecule has 0 unspecified atom stereocenters. The van der Waals surface area contributed by atoms with Gasteiger partial charge in [-0.25, -0.2) is 4.98 Å². The van der Waals surface area contributed by atoms with Gasteiger partial charge in [-0.05, 0) is 26.3 Å². The van der Waals surface area contributed by atoms with Gasteiger partial charge in [-0.1, -0.05) is 6.58 Å². The number of allylic oxidation sites excluding steroid dienone is 1. The summed E-state index contributed by atoms with van der Waals surface area (Å²) in [5.41, 5.74) is 1.38. The average molecular weight is 181 g/mol. The Hall–Kier alpha value is -0.960. The highest BCUT2D eigenvalue weighted by molar-refractivity contribution is 7.14. The maximum atomic E-state index is 11.4. The number of Topliss-reactive ketones (excluding diaryl/α,β-unsaturated/α-hetero) is 1. The first kappa shape index (κ1) is 9.13. The summed E-state index contributed by atoms with van der Waals surface area (Å²) in [6.45, 7) is 9.07. The second kappa shape index (κ2) is 3.19. The Morgan fingerprint density at radius 1 is 1.50 bits per heavy atom. The van der Waals surface area contributed by atoms with E-state index in [0.29, 0.717) is 5.57 Å². The van der Waals surface area contributed by atoms with Crippen LogP contribution in [-0.2, 0) is 0 Å². The minimum absolute atomic E-state index is 0.0121. The molecular weight excluding hydrogens is 170 g/mol. The van der Waals surface area contributed by atoms with Crippen molar-refractivity contribution in [1.82, 2.24) is 4.98 Å². The summed E-state index contributed by atoms with van der Waals surface area (Å²) in [6.07, 6.45) is 0. The van der Waals surface area contributed by atoms with Gasteiger partial charge in [0.1, 0.15) is 0 Å². The first-order valence-corrected chi connectivity index (χ1v) is 4.48. The van der Waals surface area contributed by atoms with Crippen LogP contribution in [0.5, 0.6) is 0 Å². The molecule has 1 heterocycles. The third-order valence-electron chi connectivity index (χ3n) is 1.50. The molecule has 12 heavy (non-hydrogen) atoms. The summed E-state index contributed by atoms with van der Waals surface area (Å²) in [6, 6.07) is 0. The maximum absolute atomic E-state index is 11.4. The van der Waals surface area contributed by atoms with Crippen LogP contribution in [0.4, 0.5) is 0 Å². The largest absolute Gasteiger partial charge is 0.288 e. The quantitative estimate of drug-likeness (QED) is 0.518. The standard InChI is InChI=1S/C9H11NOS/c1-5(2)8(11)9-6(3)10-7(4)12-9/h1H2,2-4H3. The van der Waals surface area contributed by atoms with Crippen LogP contribution in [0, 0.1) is 13.8 Å². The second-order valence-electron chi connectivity index (χ2n) is 2.76. The molecule has 0 fully saturated rings. The van der Waals surface area contributed by atoms with Gasteiger partial charge < -0.3 is 0 Å². The van der Waals surface area contributed by atoms with Gasteiger partial charge in [-0.15, -0.1) is 11.3 Å². The molecule has 0 radical (unpaired) electrons. The highest BCUT2D eigenvalue weighted by Crippen LogP contribution is 2.19. The van der Waals surface area contributed by atoms with Crippen LogP contribution in [0.25, 0.3) is 0 Å². The van der Waals surface area contributed by atoms with E-state index >= 15 is 0 Å². The van der Waals surface area contributed by atoms with Crippen molar-refractivity contribution >= 4 is 17.1 Å². The van der Waals surface area contributed by atoms with Crippen molar-refractivity contribution in [2.75, 3.05) is 0 Å². The molecule has 2 nitrogen and oxygen atoms in total. The molecule has 0 aliphatic carbocycles. The number of aromatic nitrogens is 1. The lowest BCUT2D eigenvalue weighted by molar-refractivity contribution is 0.103. The molecule has 0 atom stereocenters. The molecule has 64 valence electrons. The van der Waals surface area contributed by atoms with Gasteiger partial charge in [0.2, 0.25) is 0 Å². The van der Waals surface area contributed by atoms with Gasteiger partial charge in [-0.3, -0.25) is 4.79 Å². The van der Waals surface area contributed by atoms with E-state index in [4.69, 9.17) is 0 Å². The summed E-state index contributed by atoms with van der Waals surface area (Å²) in [5.74, 6) is 0.0121. The van der Waals surface area contributed by atoms with Crippen molar-refractivity contribution in [1.29, 1.82) is 0 Å². The fraction of sp³-hybridized carbons (Fsp3) is 0.333. The van der Waals surface area contributed by atoms with E-state index in [2.05, 4.69) is 11.6 Å². The van der Waals surface area contributed by atoms with E-state index in [0.717, 1.165) is 15.6 Å². The van der Waals surface area contributed by atoms with Gasteiger partial charge in [0.05, 0.1) is 15.6 Å². The number of nitrogens with zero attached hydrogens (tertiary/aromatic N) is 1. The number of hydrogen-bond donors (Lipinski definition) is 0. The highest BCUT2D eigenvalue weighted by Gasteiger charge is 2.13. The Morgan fingerprint density at radius 2 is 2.08 bits per heavy atom. The van der Waals surface area contributed by atoms with E-state index < -0.39 is 0 Å². The molecule has 0 spiro atoms. The first-order valence-electron chi connectivity index (χ1n) is 3.66. The van der Waals surface area contributed by atoms with Crippen LogP contribution >= 0.6 is 11.3 Å². The number of carbonyl (C=O) groups excluding carboxylic acids is 1. The van der Waals surface area contributed by atoms with Gasteiger partial charge >= 0.3 is 0 Å². The molecule has 1 aromatic heterocycles. The average Bonchev–Trinajstić information content (AvgIpc) is 2.28. The van der Waals surface area contributed by atoms with Crippen molar-refractivity contribution in [3.05, 3.63) is 27.7 Å². The number of rotatable bonds is 2. The molecule has 3 heteroatoms. The number of hydrogen-bond acceptors (Lipinski definition) is 3. The Labute approximate surface area is 76.0 Å². The third kappa shape index (κ3) is 1.61. The molecule has 0 aromatic carbocycles. The summed E-state index contributed by atoms with van der Waals surface area (Å²) >= 11 is 1.43. The van der Waals surface area contributed by atoms with Gasteiger partial charge in [0.25, 0.3) is 0 Å². The zero-order chi connectivity index (χ0) is 9.30. The SMILES string of the molecule is C=C(C)C(=O)c1sc(C)nc1C. The van der Waals surface area contributed by atoms with Crippen LogP contribution in [0.2, 0.25) is 0 Å². The van der Waals surface area contributed by atoms with Crippen LogP contribution in [-0.4, -0.2) is 10.8 Å². The Balaban J connectivity index is 3.11. The third-order valence-corrected chi connectivity index (χ3v) is 2.57. The summed E-state index contributed by atoms with van der Waals surface area (Å²) in [7, 11) is 0. The number of aryl methyl sites for hydroxylation is 2. The van der Waals surface area contributed by atoms with Crippen molar-refractivity contribution in [2.24, 2.45) is 0 Å². The topological polar surface area (TPSA) is 30.0 Å². The van der Waals surface area contributed by atoms with Crippen LogP contribution in [0.3, 0.4) is 0 Å². The number of ketones is 1. The van der Waals surface area contributed by atoms with Gasteiger partial charge in [0, 0.05) is 0 Å². The fourth-order valence-corrected chi connectivity index (χ4v) is 1.87.